The number of piperazine rings is 1. The minimum Gasteiger partial charge on any atom is -0.448 e. The Bertz CT molecular complexity index is 1080. The molecule has 1 aromatic heterocycles. The number of ether oxygens (including phenoxy) is 1. The van der Waals surface area contributed by atoms with E-state index in [0.29, 0.717) is 36.7 Å². The topological polar surface area (TPSA) is 88.9 Å². The average Bonchev–Trinajstić information content (AvgIpc) is 3.20. The molecular formula is C25H29N5O3S. The molecule has 8 nitrogen and oxygen atoms in total. The quantitative estimate of drug-likeness (QED) is 0.641. The SMILES string of the molecule is CN1CCN(CCOC(=O)N2CCc3c(sc(NC(=O)C=Cc4ccccc4)c3C#N)C2)CC1. The lowest BCUT2D eigenvalue weighted by Gasteiger charge is -2.32. The van der Waals surface area contributed by atoms with Crippen LogP contribution in [0.15, 0.2) is 36.4 Å². The van der Waals surface area contributed by atoms with E-state index in [1.807, 2.05) is 30.3 Å². The molecule has 0 unspecified atom stereocenters. The number of anilines is 1. The zero-order valence-electron chi connectivity index (χ0n) is 19.3. The highest BCUT2D eigenvalue weighted by atomic mass is 32.1. The molecule has 2 amide bonds. The molecule has 1 aromatic carbocycles. The number of benzene rings is 1. The number of rotatable bonds is 6. The van der Waals surface area contributed by atoms with E-state index >= 15 is 0 Å². The summed E-state index contributed by atoms with van der Waals surface area (Å²) >= 11 is 1.35. The van der Waals surface area contributed by atoms with Gasteiger partial charge in [0.05, 0.1) is 12.1 Å². The number of fused-ring (bicyclic) bond motifs is 1. The Kier molecular flexibility index (Phi) is 7.95. The summed E-state index contributed by atoms with van der Waals surface area (Å²) < 4.78 is 5.52. The Balaban J connectivity index is 1.32. The van der Waals surface area contributed by atoms with E-state index in [4.69, 9.17) is 4.74 Å². The van der Waals surface area contributed by atoms with Crippen molar-refractivity contribution in [3.8, 4) is 6.07 Å². The first kappa shape index (κ1) is 24.0. The molecule has 3 heterocycles. The molecule has 1 N–H and O–H groups in total. The highest BCUT2D eigenvalue weighted by molar-refractivity contribution is 7.16. The summed E-state index contributed by atoms with van der Waals surface area (Å²) in [7, 11) is 2.11. The second-order valence-electron chi connectivity index (χ2n) is 8.48. The van der Waals surface area contributed by atoms with Gasteiger partial charge in [-0.2, -0.15) is 5.26 Å². The molecule has 0 saturated carbocycles. The van der Waals surface area contributed by atoms with Gasteiger partial charge < -0.3 is 19.9 Å². The Morgan fingerprint density at radius 1 is 1.18 bits per heavy atom. The van der Waals surface area contributed by atoms with Gasteiger partial charge in [0.1, 0.15) is 17.7 Å². The van der Waals surface area contributed by atoms with Gasteiger partial charge in [-0.05, 0) is 30.7 Å². The third-order valence-corrected chi connectivity index (χ3v) is 7.25. The van der Waals surface area contributed by atoms with E-state index in [1.54, 1.807) is 11.0 Å². The fourth-order valence-electron chi connectivity index (χ4n) is 4.08. The first-order valence-corrected chi connectivity index (χ1v) is 12.3. The Morgan fingerprint density at radius 2 is 1.94 bits per heavy atom. The third-order valence-electron chi connectivity index (χ3n) is 6.12. The van der Waals surface area contributed by atoms with E-state index in [-0.39, 0.29) is 12.0 Å². The molecule has 0 radical (unpaired) electrons. The number of amides is 2. The van der Waals surface area contributed by atoms with Crippen molar-refractivity contribution >= 4 is 34.4 Å². The summed E-state index contributed by atoms with van der Waals surface area (Å²) in [6, 6.07) is 11.8. The number of thiophene rings is 1. The number of likely N-dealkylation sites (N-methyl/N-ethyl adjacent to an activating group) is 1. The number of carbonyl (C=O) groups excluding carboxylic acids is 2. The minimum atomic E-state index is -0.330. The number of hydrogen-bond acceptors (Lipinski definition) is 7. The van der Waals surface area contributed by atoms with Crippen molar-refractivity contribution in [2.24, 2.45) is 0 Å². The van der Waals surface area contributed by atoms with Crippen LogP contribution in [-0.2, 0) is 22.5 Å². The van der Waals surface area contributed by atoms with Gasteiger partial charge >= 0.3 is 6.09 Å². The van der Waals surface area contributed by atoms with E-state index < -0.39 is 0 Å². The summed E-state index contributed by atoms with van der Waals surface area (Å²) in [6.07, 6.45) is 3.43. The van der Waals surface area contributed by atoms with Crippen molar-refractivity contribution in [1.82, 2.24) is 14.7 Å². The van der Waals surface area contributed by atoms with E-state index in [1.165, 1.54) is 17.4 Å². The van der Waals surface area contributed by atoms with Crippen LogP contribution in [0, 0.1) is 11.3 Å². The maximum absolute atomic E-state index is 12.6. The molecule has 9 heteroatoms. The maximum Gasteiger partial charge on any atom is 0.410 e. The van der Waals surface area contributed by atoms with Crippen LogP contribution in [0.4, 0.5) is 9.80 Å². The minimum absolute atomic E-state index is 0.292. The second kappa shape index (κ2) is 11.3. The fourth-order valence-corrected chi connectivity index (χ4v) is 5.30. The van der Waals surface area contributed by atoms with Gasteiger partial charge in [0, 0.05) is 50.2 Å². The van der Waals surface area contributed by atoms with Gasteiger partial charge in [-0.3, -0.25) is 9.69 Å². The number of hydrogen-bond donors (Lipinski definition) is 1. The fraction of sp³-hybridized carbons (Fsp3) is 0.400. The normalized spacial score (nSPS) is 16.8. The van der Waals surface area contributed by atoms with Crippen molar-refractivity contribution in [3.63, 3.8) is 0 Å². The molecule has 178 valence electrons. The largest absolute Gasteiger partial charge is 0.448 e. The van der Waals surface area contributed by atoms with Crippen LogP contribution in [0.3, 0.4) is 0 Å². The average molecular weight is 480 g/mol. The van der Waals surface area contributed by atoms with Crippen LogP contribution in [0.2, 0.25) is 0 Å². The standard InChI is InChI=1S/C25H29N5O3S/c1-28-11-13-29(14-12-28)15-16-33-25(32)30-10-9-20-21(17-26)24(34-22(20)18-30)27-23(31)8-7-19-5-3-2-4-6-19/h2-8H,9-16,18H2,1H3,(H,27,31). The molecule has 4 rings (SSSR count). The molecule has 2 aromatic rings. The molecule has 0 bridgehead atoms. The number of carbonyl (C=O) groups is 2. The summed E-state index contributed by atoms with van der Waals surface area (Å²) in [5, 5.41) is 13.1. The van der Waals surface area contributed by atoms with E-state index in [9.17, 15) is 14.9 Å². The Labute approximate surface area is 204 Å². The van der Waals surface area contributed by atoms with Crippen LogP contribution in [0.25, 0.3) is 6.08 Å². The lowest BCUT2D eigenvalue weighted by atomic mass is 10.0. The van der Waals surface area contributed by atoms with Gasteiger partial charge in [0.15, 0.2) is 0 Å². The number of nitriles is 1. The Hall–Kier alpha value is -3.19. The van der Waals surface area contributed by atoms with E-state index in [2.05, 4.69) is 28.2 Å². The van der Waals surface area contributed by atoms with Crippen LogP contribution >= 0.6 is 11.3 Å². The molecule has 2 aliphatic rings. The zero-order chi connectivity index (χ0) is 23.9. The monoisotopic (exact) mass is 479 g/mol. The lowest BCUT2D eigenvalue weighted by molar-refractivity contribution is -0.111. The van der Waals surface area contributed by atoms with Gasteiger partial charge in [-0.25, -0.2) is 4.79 Å². The molecule has 2 aliphatic heterocycles. The van der Waals surface area contributed by atoms with Gasteiger partial charge in [0.2, 0.25) is 5.91 Å². The first-order valence-electron chi connectivity index (χ1n) is 11.4. The van der Waals surface area contributed by atoms with Gasteiger partial charge in [0.25, 0.3) is 0 Å². The van der Waals surface area contributed by atoms with Crippen LogP contribution < -0.4 is 5.32 Å². The molecule has 34 heavy (non-hydrogen) atoms. The number of nitrogens with zero attached hydrogens (tertiary/aromatic N) is 4. The van der Waals surface area contributed by atoms with Crippen molar-refractivity contribution in [2.75, 3.05) is 58.2 Å². The molecular weight excluding hydrogens is 450 g/mol. The van der Waals surface area contributed by atoms with Crippen molar-refractivity contribution in [1.29, 1.82) is 5.26 Å². The van der Waals surface area contributed by atoms with Crippen LogP contribution in [0.1, 0.15) is 21.6 Å². The van der Waals surface area contributed by atoms with Crippen molar-refractivity contribution < 1.29 is 14.3 Å². The van der Waals surface area contributed by atoms with Gasteiger partial charge in [-0.15, -0.1) is 11.3 Å². The van der Waals surface area contributed by atoms with Crippen molar-refractivity contribution in [2.45, 2.75) is 13.0 Å². The summed E-state index contributed by atoms with van der Waals surface area (Å²) in [5.41, 5.74) is 2.33. The summed E-state index contributed by atoms with van der Waals surface area (Å²) in [6.45, 7) is 6.03. The second-order valence-corrected chi connectivity index (χ2v) is 9.59. The van der Waals surface area contributed by atoms with Gasteiger partial charge in [-0.1, -0.05) is 30.3 Å². The summed E-state index contributed by atoms with van der Waals surface area (Å²) in [5.74, 6) is -0.292. The maximum atomic E-state index is 12.6. The van der Waals surface area contributed by atoms with Crippen molar-refractivity contribution in [3.05, 3.63) is 58.0 Å². The molecule has 0 aliphatic carbocycles. The molecule has 1 saturated heterocycles. The summed E-state index contributed by atoms with van der Waals surface area (Å²) in [4.78, 5) is 32.2. The highest BCUT2D eigenvalue weighted by Gasteiger charge is 2.28. The smallest absolute Gasteiger partial charge is 0.410 e. The Morgan fingerprint density at radius 3 is 2.68 bits per heavy atom. The lowest BCUT2D eigenvalue weighted by Crippen LogP contribution is -2.46. The van der Waals surface area contributed by atoms with E-state index in [0.717, 1.165) is 48.7 Å². The predicted molar refractivity (Wildman–Crippen MR) is 133 cm³/mol. The molecule has 1 fully saturated rings. The molecule has 0 atom stereocenters. The predicted octanol–water partition coefficient (Wildman–Crippen LogP) is 3.01. The number of nitrogens with one attached hydrogen (secondary N) is 1. The third kappa shape index (κ3) is 6.03. The van der Waals surface area contributed by atoms with Crippen LogP contribution in [-0.4, -0.2) is 79.6 Å². The zero-order valence-corrected chi connectivity index (χ0v) is 20.1. The molecule has 0 spiro atoms. The highest BCUT2D eigenvalue weighted by Crippen LogP contribution is 2.36. The first-order chi connectivity index (χ1) is 16.5. The van der Waals surface area contributed by atoms with Crippen LogP contribution in [0.5, 0.6) is 0 Å².